The van der Waals surface area contributed by atoms with Gasteiger partial charge in [0.1, 0.15) is 0 Å². The van der Waals surface area contributed by atoms with Crippen LogP contribution < -0.4 is 0 Å². The van der Waals surface area contributed by atoms with Crippen LogP contribution >= 0.6 is 15.9 Å². The van der Waals surface area contributed by atoms with E-state index in [1.807, 2.05) is 0 Å². The zero-order valence-electron chi connectivity index (χ0n) is 7.56. The lowest BCUT2D eigenvalue weighted by Gasteiger charge is -2.32. The summed E-state index contributed by atoms with van der Waals surface area (Å²) in [5, 5.41) is 0. The first-order valence-electron chi connectivity index (χ1n) is 3.90. The average Bonchev–Trinajstić information content (AvgIpc) is 1.99. The summed E-state index contributed by atoms with van der Waals surface area (Å²) < 4.78 is 5.06. The van der Waals surface area contributed by atoms with E-state index in [1.165, 1.54) is 0 Å². The highest BCUT2D eigenvalue weighted by molar-refractivity contribution is 9.10. The minimum absolute atomic E-state index is 0.0445. The quantitative estimate of drug-likeness (QED) is 0.649. The van der Waals surface area contributed by atoms with Crippen molar-refractivity contribution in [1.82, 2.24) is 0 Å². The maximum atomic E-state index is 11.4. The monoisotopic (exact) mass is 232 g/mol. The molecule has 1 rings (SSSR count). The van der Waals surface area contributed by atoms with Crippen LogP contribution in [0.2, 0.25) is 0 Å². The maximum absolute atomic E-state index is 11.4. The molecule has 0 bridgehead atoms. The molecule has 1 aliphatic rings. The van der Waals surface area contributed by atoms with Crippen LogP contribution in [0.25, 0.3) is 0 Å². The van der Waals surface area contributed by atoms with Gasteiger partial charge in [-0.15, -0.1) is 0 Å². The van der Waals surface area contributed by atoms with Gasteiger partial charge in [0.2, 0.25) is 0 Å². The van der Waals surface area contributed by atoms with Crippen LogP contribution in [-0.2, 0) is 9.53 Å². The Hall–Kier alpha value is -0.310. The molecular weight excluding hydrogens is 220 g/mol. The Kier molecular flexibility index (Phi) is 2.61. The number of hydrogen-bond acceptors (Lipinski definition) is 2. The highest BCUT2D eigenvalue weighted by atomic mass is 79.9. The molecule has 1 unspecified atom stereocenters. The lowest BCUT2D eigenvalue weighted by molar-refractivity contribution is -0.116. The van der Waals surface area contributed by atoms with Gasteiger partial charge < -0.3 is 4.74 Å². The zero-order chi connectivity index (χ0) is 9.35. The molecule has 0 heterocycles. The molecule has 2 nitrogen and oxygen atoms in total. The van der Waals surface area contributed by atoms with E-state index < -0.39 is 0 Å². The van der Waals surface area contributed by atoms with Crippen LogP contribution in [0.15, 0.2) is 11.8 Å². The fraction of sp³-hybridized carbons (Fsp3) is 0.667. The summed E-state index contributed by atoms with van der Waals surface area (Å²) in [6.07, 6.45) is 2.38. The van der Waals surface area contributed by atoms with Crippen molar-refractivity contribution in [2.75, 3.05) is 7.11 Å². The number of methoxy groups -OCH3 is 1. The standard InChI is InChI=1S/C9H13BrO2/c1-9(2)5-6(12-3)4-7(11)8(9)10/h4,8H,5H2,1-3H3. The maximum Gasteiger partial charge on any atom is 0.173 e. The molecule has 0 N–H and O–H groups in total. The van der Waals surface area contributed by atoms with Crippen LogP contribution in [0.1, 0.15) is 20.3 Å². The molecule has 0 saturated heterocycles. The molecule has 0 radical (unpaired) electrons. The number of alkyl halides is 1. The predicted octanol–water partition coefficient (Wildman–Crippen LogP) is 2.28. The Morgan fingerprint density at radius 1 is 1.67 bits per heavy atom. The van der Waals surface area contributed by atoms with Crippen molar-refractivity contribution in [3.8, 4) is 0 Å². The van der Waals surface area contributed by atoms with Crippen LogP contribution in [0.4, 0.5) is 0 Å². The molecule has 0 aromatic carbocycles. The minimum Gasteiger partial charge on any atom is -0.501 e. The van der Waals surface area contributed by atoms with E-state index in [-0.39, 0.29) is 16.0 Å². The molecule has 0 amide bonds. The van der Waals surface area contributed by atoms with Gasteiger partial charge in [-0.3, -0.25) is 4.79 Å². The fourth-order valence-corrected chi connectivity index (χ4v) is 1.63. The van der Waals surface area contributed by atoms with Crippen LogP contribution in [0.5, 0.6) is 0 Å². The van der Waals surface area contributed by atoms with Crippen molar-refractivity contribution < 1.29 is 9.53 Å². The molecular formula is C9H13BrO2. The average molecular weight is 233 g/mol. The minimum atomic E-state index is -0.0797. The molecule has 0 saturated carbocycles. The van der Waals surface area contributed by atoms with Crippen molar-refractivity contribution in [2.45, 2.75) is 25.1 Å². The predicted molar refractivity (Wildman–Crippen MR) is 51.2 cm³/mol. The normalized spacial score (nSPS) is 28.2. The van der Waals surface area contributed by atoms with Crippen molar-refractivity contribution in [1.29, 1.82) is 0 Å². The summed E-state index contributed by atoms with van der Waals surface area (Å²) >= 11 is 3.38. The molecule has 12 heavy (non-hydrogen) atoms. The number of carbonyl (C=O) groups excluding carboxylic acids is 1. The second kappa shape index (κ2) is 3.21. The number of allylic oxidation sites excluding steroid dienone is 2. The summed E-state index contributed by atoms with van der Waals surface area (Å²) in [6, 6.07) is 0. The van der Waals surface area contributed by atoms with E-state index in [9.17, 15) is 4.79 Å². The summed E-state index contributed by atoms with van der Waals surface area (Å²) in [5.41, 5.74) is -0.0445. The topological polar surface area (TPSA) is 26.3 Å². The van der Waals surface area contributed by atoms with E-state index in [4.69, 9.17) is 4.74 Å². The van der Waals surface area contributed by atoms with Crippen molar-refractivity contribution >= 4 is 21.7 Å². The number of ether oxygens (including phenoxy) is 1. The van der Waals surface area contributed by atoms with Crippen LogP contribution in [-0.4, -0.2) is 17.7 Å². The second-order valence-electron chi connectivity index (χ2n) is 3.75. The molecule has 0 aliphatic heterocycles. The Morgan fingerprint density at radius 2 is 2.25 bits per heavy atom. The van der Waals surface area contributed by atoms with E-state index in [2.05, 4.69) is 29.8 Å². The second-order valence-corrected chi connectivity index (χ2v) is 4.66. The van der Waals surface area contributed by atoms with E-state index in [1.54, 1.807) is 13.2 Å². The molecule has 0 fully saturated rings. The number of ketones is 1. The van der Waals surface area contributed by atoms with Gasteiger partial charge in [-0.1, -0.05) is 29.8 Å². The first-order valence-corrected chi connectivity index (χ1v) is 4.81. The van der Waals surface area contributed by atoms with Gasteiger partial charge in [0.05, 0.1) is 17.7 Å². The molecule has 1 aliphatic carbocycles. The SMILES string of the molecule is COC1=CC(=O)C(Br)C(C)(C)C1. The first kappa shape index (κ1) is 9.78. The highest BCUT2D eigenvalue weighted by Crippen LogP contribution is 2.38. The number of rotatable bonds is 1. The van der Waals surface area contributed by atoms with Crippen molar-refractivity contribution in [2.24, 2.45) is 5.41 Å². The van der Waals surface area contributed by atoms with Gasteiger partial charge in [0.15, 0.2) is 5.78 Å². The number of carbonyl (C=O) groups is 1. The smallest absolute Gasteiger partial charge is 0.173 e. The first-order chi connectivity index (χ1) is 5.47. The largest absolute Gasteiger partial charge is 0.501 e. The zero-order valence-corrected chi connectivity index (χ0v) is 9.14. The van der Waals surface area contributed by atoms with Crippen molar-refractivity contribution in [3.05, 3.63) is 11.8 Å². The third-order valence-electron chi connectivity index (χ3n) is 2.13. The lowest BCUT2D eigenvalue weighted by atomic mass is 9.79. The van der Waals surface area contributed by atoms with E-state index in [0.717, 1.165) is 12.2 Å². The number of halogens is 1. The van der Waals surface area contributed by atoms with Crippen LogP contribution in [0.3, 0.4) is 0 Å². The Bertz CT molecular complexity index is 231. The molecule has 0 spiro atoms. The summed E-state index contributed by atoms with van der Waals surface area (Å²) in [6.45, 7) is 4.10. The molecule has 68 valence electrons. The lowest BCUT2D eigenvalue weighted by Crippen LogP contribution is -2.35. The number of hydrogen-bond donors (Lipinski definition) is 0. The van der Waals surface area contributed by atoms with Gasteiger partial charge in [0, 0.05) is 12.5 Å². The summed E-state index contributed by atoms with van der Waals surface area (Å²) in [7, 11) is 1.60. The van der Waals surface area contributed by atoms with Gasteiger partial charge >= 0.3 is 0 Å². The summed E-state index contributed by atoms with van der Waals surface area (Å²) in [4.78, 5) is 11.3. The molecule has 1 atom stereocenters. The Balaban J connectivity index is 2.91. The highest BCUT2D eigenvalue weighted by Gasteiger charge is 2.37. The van der Waals surface area contributed by atoms with Gasteiger partial charge in [-0.05, 0) is 5.41 Å². The van der Waals surface area contributed by atoms with Crippen molar-refractivity contribution in [3.63, 3.8) is 0 Å². The van der Waals surface area contributed by atoms with Crippen LogP contribution in [0, 0.1) is 5.41 Å². The van der Waals surface area contributed by atoms with E-state index in [0.29, 0.717) is 0 Å². The fourth-order valence-electron chi connectivity index (χ4n) is 1.34. The third-order valence-corrected chi connectivity index (χ3v) is 3.82. The van der Waals surface area contributed by atoms with Gasteiger partial charge in [-0.25, -0.2) is 0 Å². The third kappa shape index (κ3) is 1.71. The Morgan fingerprint density at radius 3 is 2.67 bits per heavy atom. The molecule has 3 heteroatoms. The van der Waals surface area contributed by atoms with Gasteiger partial charge in [-0.2, -0.15) is 0 Å². The Labute approximate surface area is 81.1 Å². The molecule has 0 aromatic rings. The summed E-state index contributed by atoms with van der Waals surface area (Å²) in [5.74, 6) is 0.879. The molecule has 0 aromatic heterocycles. The van der Waals surface area contributed by atoms with Gasteiger partial charge in [0.25, 0.3) is 0 Å². The van der Waals surface area contributed by atoms with E-state index >= 15 is 0 Å².